The van der Waals surface area contributed by atoms with E-state index in [0.29, 0.717) is 81.1 Å². The molecule has 5 rings (SSSR count). The fraction of sp³-hybridized carbons (Fsp3) is 0.529. The second-order valence-electron chi connectivity index (χ2n) is 11.9. The number of hydrogen-bond donors (Lipinski definition) is 2. The molecule has 0 saturated carbocycles. The maximum absolute atomic E-state index is 14.2. The van der Waals surface area contributed by atoms with Gasteiger partial charge >= 0.3 is 0 Å². The van der Waals surface area contributed by atoms with Crippen molar-refractivity contribution in [3.05, 3.63) is 59.4 Å². The molecule has 3 aliphatic heterocycles. The fourth-order valence-corrected chi connectivity index (χ4v) is 6.22. The van der Waals surface area contributed by atoms with Crippen LogP contribution in [0.5, 0.6) is 11.5 Å². The third-order valence-corrected chi connectivity index (χ3v) is 8.73. The number of halogens is 1. The molecular formula is C34H43FN4O7. The Morgan fingerprint density at radius 2 is 1.83 bits per heavy atom. The molecule has 0 spiro atoms. The van der Waals surface area contributed by atoms with Crippen LogP contribution in [0.25, 0.3) is 0 Å². The molecule has 12 heteroatoms. The van der Waals surface area contributed by atoms with E-state index in [1.54, 1.807) is 41.3 Å². The lowest BCUT2D eigenvalue weighted by molar-refractivity contribution is -0.141. The molecule has 0 unspecified atom stereocenters. The molecule has 3 aliphatic rings. The minimum absolute atomic E-state index is 0.0327. The van der Waals surface area contributed by atoms with Crippen LogP contribution < -0.4 is 20.1 Å². The quantitative estimate of drug-likeness (QED) is 0.516. The third-order valence-electron chi connectivity index (χ3n) is 8.73. The van der Waals surface area contributed by atoms with Crippen molar-refractivity contribution < 1.29 is 37.8 Å². The summed E-state index contributed by atoms with van der Waals surface area (Å²) >= 11 is 0. The van der Waals surface area contributed by atoms with Crippen molar-refractivity contribution in [1.29, 1.82) is 0 Å². The molecule has 2 N–H and O–H groups in total. The van der Waals surface area contributed by atoms with Crippen molar-refractivity contribution in [2.24, 2.45) is 0 Å². The van der Waals surface area contributed by atoms with Gasteiger partial charge in [0.25, 0.3) is 11.8 Å². The summed E-state index contributed by atoms with van der Waals surface area (Å²) in [6.45, 7) is 2.45. The zero-order chi connectivity index (χ0) is 32.5. The monoisotopic (exact) mass is 638 g/mol. The van der Waals surface area contributed by atoms with Gasteiger partial charge in [-0.05, 0) is 68.4 Å². The largest absolute Gasteiger partial charge is 0.493 e. The number of benzene rings is 2. The minimum atomic E-state index is -0.782. The van der Waals surface area contributed by atoms with E-state index < -0.39 is 18.2 Å². The number of likely N-dealkylation sites (tertiary alicyclic amines) is 1. The maximum atomic E-state index is 14.2. The molecule has 2 aromatic rings. The van der Waals surface area contributed by atoms with Gasteiger partial charge in [0.15, 0.2) is 11.5 Å². The van der Waals surface area contributed by atoms with Crippen molar-refractivity contribution in [2.75, 3.05) is 46.4 Å². The lowest BCUT2D eigenvalue weighted by Crippen LogP contribution is -2.46. The molecule has 2 saturated heterocycles. The predicted molar refractivity (Wildman–Crippen MR) is 167 cm³/mol. The number of nitrogens with zero attached hydrogens (tertiary/aromatic N) is 2. The first-order valence-electron chi connectivity index (χ1n) is 16.2. The highest BCUT2D eigenvalue weighted by atomic mass is 19.1. The number of carbonyl (C=O) groups excluding carboxylic acids is 4. The molecule has 3 heterocycles. The highest BCUT2D eigenvalue weighted by Crippen LogP contribution is 2.32. The van der Waals surface area contributed by atoms with Crippen LogP contribution in [0.3, 0.4) is 0 Å². The highest BCUT2D eigenvalue weighted by molar-refractivity contribution is 5.95. The highest BCUT2D eigenvalue weighted by Gasteiger charge is 2.41. The molecule has 4 bridgehead atoms. The summed E-state index contributed by atoms with van der Waals surface area (Å²) < 4.78 is 31.6. The van der Waals surface area contributed by atoms with Crippen molar-refractivity contribution in [1.82, 2.24) is 20.4 Å². The van der Waals surface area contributed by atoms with Gasteiger partial charge in [0.2, 0.25) is 11.8 Å². The Labute approximate surface area is 268 Å². The van der Waals surface area contributed by atoms with E-state index in [1.165, 1.54) is 18.1 Å². The maximum Gasteiger partial charge on any atom is 0.251 e. The number of nitrogens with one attached hydrogen (secondary N) is 2. The van der Waals surface area contributed by atoms with Gasteiger partial charge in [-0.25, -0.2) is 4.39 Å². The second kappa shape index (κ2) is 15.9. The number of methoxy groups -OCH3 is 1. The van der Waals surface area contributed by atoms with Crippen molar-refractivity contribution in [3.63, 3.8) is 0 Å². The van der Waals surface area contributed by atoms with Crippen molar-refractivity contribution >= 4 is 23.6 Å². The van der Waals surface area contributed by atoms with Gasteiger partial charge in [-0.1, -0.05) is 18.2 Å². The fourth-order valence-electron chi connectivity index (χ4n) is 6.22. The van der Waals surface area contributed by atoms with Crippen LogP contribution in [-0.2, 0) is 25.5 Å². The van der Waals surface area contributed by atoms with Crippen molar-refractivity contribution in [2.45, 2.75) is 69.6 Å². The van der Waals surface area contributed by atoms with Gasteiger partial charge in [-0.3, -0.25) is 19.2 Å². The van der Waals surface area contributed by atoms with E-state index in [0.717, 1.165) is 6.42 Å². The van der Waals surface area contributed by atoms with Crippen LogP contribution >= 0.6 is 0 Å². The van der Waals surface area contributed by atoms with Gasteiger partial charge in [0.05, 0.1) is 13.7 Å². The average Bonchev–Trinajstić information content (AvgIpc) is 3.75. The minimum Gasteiger partial charge on any atom is -0.493 e. The average molecular weight is 639 g/mol. The van der Waals surface area contributed by atoms with Crippen LogP contribution in [-0.4, -0.2) is 98.1 Å². The molecule has 2 aromatic carbocycles. The number of rotatable bonds is 5. The summed E-state index contributed by atoms with van der Waals surface area (Å²) in [5.41, 5.74) is 0.801. The summed E-state index contributed by atoms with van der Waals surface area (Å²) in [7, 11) is 1.50. The van der Waals surface area contributed by atoms with E-state index in [-0.39, 0.29) is 55.3 Å². The molecule has 248 valence electrons. The molecule has 4 amide bonds. The first kappa shape index (κ1) is 33.2. The first-order chi connectivity index (χ1) is 22.3. The normalized spacial score (nSPS) is 23.0. The van der Waals surface area contributed by atoms with E-state index >= 15 is 0 Å². The summed E-state index contributed by atoms with van der Waals surface area (Å²) in [5, 5.41) is 5.90. The Morgan fingerprint density at radius 1 is 1.02 bits per heavy atom. The first-order valence-corrected chi connectivity index (χ1v) is 16.2. The Morgan fingerprint density at radius 3 is 2.61 bits per heavy atom. The second-order valence-corrected chi connectivity index (χ2v) is 11.9. The number of amides is 4. The van der Waals surface area contributed by atoms with Gasteiger partial charge in [-0.2, -0.15) is 0 Å². The molecule has 0 aromatic heterocycles. The molecule has 11 nitrogen and oxygen atoms in total. The number of carbonyl (C=O) groups is 4. The lowest BCUT2D eigenvalue weighted by Gasteiger charge is -2.26. The Kier molecular flexibility index (Phi) is 11.5. The lowest BCUT2D eigenvalue weighted by atomic mass is 10.1. The smallest absolute Gasteiger partial charge is 0.251 e. The summed E-state index contributed by atoms with van der Waals surface area (Å²) in [5.74, 6) is -0.551. The molecule has 46 heavy (non-hydrogen) atoms. The van der Waals surface area contributed by atoms with Gasteiger partial charge in [-0.15, -0.1) is 0 Å². The molecule has 2 fully saturated rings. The zero-order valence-electron chi connectivity index (χ0n) is 26.3. The van der Waals surface area contributed by atoms with Crippen LogP contribution in [0.15, 0.2) is 42.5 Å². The number of ether oxygens (including phenoxy) is 3. The Bertz CT molecular complexity index is 1400. The summed E-state index contributed by atoms with van der Waals surface area (Å²) in [6, 6.07) is 10.4. The SMILES string of the molecule is COc1ccc2cc1O[C@H]1C[C@@H](C(=O)NCCCCN(C(=O)[C@H]3CCCO3)CCCNC2=O)N(C(=O)CCc2ccccc2F)C1. The number of aryl methyl sites for hydroxylation is 1. The van der Waals surface area contributed by atoms with Crippen LogP contribution in [0, 0.1) is 5.82 Å². The third kappa shape index (κ3) is 8.34. The van der Waals surface area contributed by atoms with Crippen LogP contribution in [0.1, 0.15) is 60.9 Å². The van der Waals surface area contributed by atoms with Gasteiger partial charge in [0.1, 0.15) is 24.1 Å². The standard InChI is InChI=1S/C34H43FN4O7/c1-44-28-13-11-24-20-30(28)46-25-21-27(39(22-25)31(40)14-12-23-8-2-3-9-26(23)35)33(42)37-15-4-5-17-38(18-7-16-36-32(24)41)34(43)29-10-6-19-45-29/h2-3,8-9,11,13,20,25,27,29H,4-7,10,12,14-19,21-22H2,1H3,(H,36,41)(H,37,42)/t25-,27-,29+/m0/s1. The van der Waals surface area contributed by atoms with Gasteiger partial charge < -0.3 is 34.6 Å². The number of fused-ring (bicyclic) bond motifs is 4. The molecule has 3 atom stereocenters. The molecule has 0 radical (unpaired) electrons. The zero-order valence-corrected chi connectivity index (χ0v) is 26.3. The van der Waals surface area contributed by atoms with E-state index in [9.17, 15) is 23.6 Å². The van der Waals surface area contributed by atoms with E-state index in [4.69, 9.17) is 14.2 Å². The Hall–Kier alpha value is -4.19. The van der Waals surface area contributed by atoms with Crippen LogP contribution in [0.4, 0.5) is 4.39 Å². The number of hydrogen-bond acceptors (Lipinski definition) is 7. The molecular weight excluding hydrogens is 595 g/mol. The van der Waals surface area contributed by atoms with Crippen LogP contribution in [0.2, 0.25) is 0 Å². The summed E-state index contributed by atoms with van der Waals surface area (Å²) in [6.07, 6.45) is 2.91. The van der Waals surface area contributed by atoms with E-state index in [2.05, 4.69) is 10.6 Å². The van der Waals surface area contributed by atoms with Gasteiger partial charge in [0, 0.05) is 51.2 Å². The molecule has 0 aliphatic carbocycles. The van der Waals surface area contributed by atoms with E-state index in [1.807, 2.05) is 0 Å². The summed E-state index contributed by atoms with van der Waals surface area (Å²) in [4.78, 5) is 56.4. The topological polar surface area (TPSA) is 127 Å². The Balaban J connectivity index is 1.33. The predicted octanol–water partition coefficient (Wildman–Crippen LogP) is 2.85. The van der Waals surface area contributed by atoms with Crippen molar-refractivity contribution in [3.8, 4) is 11.5 Å².